The van der Waals surface area contributed by atoms with Crippen LogP contribution in [0.25, 0.3) is 0 Å². The van der Waals surface area contributed by atoms with Crippen molar-refractivity contribution in [2.24, 2.45) is 0 Å². The normalized spacial score (nSPS) is 11.5. The summed E-state index contributed by atoms with van der Waals surface area (Å²) in [6.07, 6.45) is 1.16. The molecule has 0 bridgehead atoms. The number of carbonyl (C=O) groups is 1. The Kier molecular flexibility index (Phi) is 20.6. The Hall–Kier alpha value is 1.37. The molecular weight excluding hydrogens is 535 g/mol. The molecule has 0 atom stereocenters. The van der Waals surface area contributed by atoms with E-state index in [4.69, 9.17) is 42.8 Å². The summed E-state index contributed by atoms with van der Waals surface area (Å²) in [4.78, 5) is 50.5. The van der Waals surface area contributed by atoms with Crippen molar-refractivity contribution in [2.75, 3.05) is 36.3 Å². The van der Waals surface area contributed by atoms with Crippen molar-refractivity contribution in [2.45, 2.75) is 37.5 Å². The molecule has 1 amide bonds. The van der Waals surface area contributed by atoms with Gasteiger partial charge in [0.05, 0.1) is 0 Å². The van der Waals surface area contributed by atoms with E-state index in [-0.39, 0.29) is 90.8 Å². The first-order valence-electron chi connectivity index (χ1n) is 9.82. The third kappa shape index (κ3) is 14.6. The van der Waals surface area contributed by atoms with Crippen molar-refractivity contribution >= 4 is 109 Å². The second-order valence-corrected chi connectivity index (χ2v) is 11.8. The minimum Gasteiger partial charge on any atom is -0.369 e. The number of rotatable bonds is 15. The van der Waals surface area contributed by atoms with Crippen LogP contribution in [-0.4, -0.2) is 121 Å². The fourth-order valence-electron chi connectivity index (χ4n) is 3.16. The van der Waals surface area contributed by atoms with Gasteiger partial charge in [0, 0.05) is 103 Å². The number of hydrogen-bond donors (Lipinski definition) is 5. The summed E-state index contributed by atoms with van der Waals surface area (Å²) in [7, 11) is -9.87. The van der Waals surface area contributed by atoms with Crippen LogP contribution in [0.1, 0.15) is 31.2 Å². The predicted octanol–water partition coefficient (Wildman–Crippen LogP) is 2.11. The van der Waals surface area contributed by atoms with E-state index in [0.717, 1.165) is 11.3 Å². The molecule has 0 aromatic heterocycles. The fourth-order valence-corrected chi connectivity index (χ4v) is 6.17. The summed E-state index contributed by atoms with van der Waals surface area (Å²) in [6.45, 7) is 1.40. The van der Waals surface area contributed by atoms with Gasteiger partial charge in [-0.3, -0.25) is 13.9 Å². The molecule has 9 nitrogen and oxygen atoms in total. The topological polar surface area (TPSA) is 147 Å². The van der Waals surface area contributed by atoms with Gasteiger partial charge in [-0.1, -0.05) is 18.2 Å². The number of benzene rings is 1. The molecule has 0 spiro atoms. The van der Waals surface area contributed by atoms with Gasteiger partial charge in [0.15, 0.2) is 5.40 Å². The molecule has 0 heterocycles. The zero-order valence-electron chi connectivity index (χ0n) is 19.1. The van der Waals surface area contributed by atoms with E-state index in [1.165, 1.54) is 0 Å². The molecule has 1 aromatic carbocycles. The molecular formula is C18H30Cl2N2Na2O7P2. The Morgan fingerprint density at radius 2 is 1.52 bits per heavy atom. The van der Waals surface area contributed by atoms with Gasteiger partial charge < -0.3 is 29.8 Å². The molecule has 5 N–H and O–H groups in total. The monoisotopic (exact) mass is 564 g/mol. The quantitative estimate of drug-likeness (QED) is 0.0941. The van der Waals surface area contributed by atoms with E-state index in [9.17, 15) is 13.9 Å². The second-order valence-electron chi connectivity index (χ2n) is 7.00. The number of nitrogens with zero attached hydrogens (tertiary/aromatic N) is 1. The maximum absolute atomic E-state index is 12.0. The Morgan fingerprint density at radius 1 is 0.970 bits per heavy atom. The van der Waals surface area contributed by atoms with E-state index in [2.05, 4.69) is 10.2 Å². The number of amides is 1. The Morgan fingerprint density at radius 3 is 2.03 bits per heavy atom. The number of halogens is 2. The smallest absolute Gasteiger partial charge is 0.340 e. The predicted molar refractivity (Wildman–Crippen MR) is 135 cm³/mol. The molecule has 33 heavy (non-hydrogen) atoms. The summed E-state index contributed by atoms with van der Waals surface area (Å²) in [6, 6.07) is 7.85. The molecule has 0 saturated carbocycles. The third-order valence-electron chi connectivity index (χ3n) is 4.63. The fraction of sp³-hybridized carbons (Fsp3) is 0.611. The Labute approximate surface area is 249 Å². The molecule has 2 radical (unpaired) electrons. The van der Waals surface area contributed by atoms with Gasteiger partial charge in [0.1, 0.15) is 0 Å². The van der Waals surface area contributed by atoms with E-state index >= 15 is 0 Å². The summed E-state index contributed by atoms with van der Waals surface area (Å²) in [5.41, 5.74) is 2.11. The Bertz CT molecular complexity index is 771. The molecule has 1 aromatic rings. The molecule has 0 fully saturated rings. The van der Waals surface area contributed by atoms with Gasteiger partial charge in [-0.2, -0.15) is 0 Å². The largest absolute Gasteiger partial charge is 0.369 e. The van der Waals surface area contributed by atoms with Crippen LogP contribution in [0.2, 0.25) is 0 Å². The average Bonchev–Trinajstić information content (AvgIpc) is 2.66. The number of nitrogens with one attached hydrogen (secondary N) is 1. The van der Waals surface area contributed by atoms with Crippen LogP contribution in [-0.2, 0) is 20.3 Å². The first-order chi connectivity index (χ1) is 14.5. The minimum atomic E-state index is -4.93. The van der Waals surface area contributed by atoms with Gasteiger partial charge in [-0.25, -0.2) is 0 Å². The number of aryl methyl sites for hydroxylation is 1. The molecule has 1 rings (SSSR count). The second kappa shape index (κ2) is 18.6. The number of hydrogen-bond acceptors (Lipinski definition) is 4. The number of carbonyl (C=O) groups excluding carboxylic acids is 1. The molecule has 180 valence electrons. The van der Waals surface area contributed by atoms with Crippen LogP contribution in [0.3, 0.4) is 0 Å². The van der Waals surface area contributed by atoms with Gasteiger partial charge >= 0.3 is 15.2 Å². The SMILES string of the molecule is O=C(CCCc1ccccc1N(CCCl)CCCl)NCCCC(P(=O)(O)O)P(=O)(O)O.[Na].[Na]. The minimum absolute atomic E-state index is 0. The molecule has 0 aliphatic rings. The maximum Gasteiger partial charge on any atom is 0.340 e. The van der Waals surface area contributed by atoms with Crippen molar-refractivity contribution in [3.05, 3.63) is 29.8 Å². The van der Waals surface area contributed by atoms with Gasteiger partial charge in [0.2, 0.25) is 5.91 Å². The Balaban J connectivity index is 0. The van der Waals surface area contributed by atoms with Crippen molar-refractivity contribution < 1.29 is 33.5 Å². The molecule has 15 heteroatoms. The zero-order chi connectivity index (χ0) is 23.5. The summed E-state index contributed by atoms with van der Waals surface area (Å²) < 4.78 is 22.5. The summed E-state index contributed by atoms with van der Waals surface area (Å²) >= 11 is 11.8. The third-order valence-corrected chi connectivity index (χ3v) is 8.84. The molecule has 0 unspecified atom stereocenters. The van der Waals surface area contributed by atoms with Crippen molar-refractivity contribution in [3.8, 4) is 0 Å². The molecule has 0 aliphatic heterocycles. The van der Waals surface area contributed by atoms with Crippen LogP contribution < -0.4 is 10.2 Å². The summed E-state index contributed by atoms with van der Waals surface area (Å²) in [5, 5.41) is 0.571. The van der Waals surface area contributed by atoms with Crippen LogP contribution in [0.5, 0.6) is 0 Å². The number of anilines is 1. The van der Waals surface area contributed by atoms with Crippen molar-refractivity contribution in [3.63, 3.8) is 0 Å². The first-order valence-corrected chi connectivity index (χ1v) is 14.3. The standard InChI is InChI=1S/C18H30Cl2N2O7P2.2Na/c19-10-13-22(14-11-20)16-7-2-1-5-15(16)6-3-8-17(23)21-12-4-9-18(30(24,25)26)31(27,28)29;;/h1-2,5,7,18H,3-4,6,8-14H2,(H,21,23)(H2,24,25,26)(H2,27,28,29);;. The first kappa shape index (κ1) is 36.5. The van der Waals surface area contributed by atoms with Gasteiger partial charge in [-0.05, 0) is 37.3 Å². The van der Waals surface area contributed by atoms with Crippen LogP contribution in [0.15, 0.2) is 24.3 Å². The summed E-state index contributed by atoms with van der Waals surface area (Å²) in [5.74, 6) is 0.705. The van der Waals surface area contributed by atoms with Crippen LogP contribution in [0.4, 0.5) is 5.69 Å². The zero-order valence-corrected chi connectivity index (χ0v) is 26.4. The molecule has 0 aliphatic carbocycles. The van der Waals surface area contributed by atoms with Gasteiger partial charge in [0.25, 0.3) is 0 Å². The van der Waals surface area contributed by atoms with E-state index in [0.29, 0.717) is 37.7 Å². The number of para-hydroxylation sites is 1. The average molecular weight is 565 g/mol. The van der Waals surface area contributed by atoms with E-state index in [1.807, 2.05) is 24.3 Å². The maximum atomic E-state index is 12.0. The van der Waals surface area contributed by atoms with Crippen LogP contribution >= 0.6 is 38.4 Å². The van der Waals surface area contributed by atoms with E-state index in [1.54, 1.807) is 0 Å². The van der Waals surface area contributed by atoms with E-state index < -0.39 is 20.6 Å². The van der Waals surface area contributed by atoms with Gasteiger partial charge in [-0.15, -0.1) is 23.2 Å². The van der Waals surface area contributed by atoms with Crippen LogP contribution in [0, 0.1) is 0 Å². The number of alkyl halides is 2. The van der Waals surface area contributed by atoms with Crippen molar-refractivity contribution in [1.82, 2.24) is 5.32 Å². The molecule has 0 saturated heterocycles. The van der Waals surface area contributed by atoms with Crippen molar-refractivity contribution in [1.29, 1.82) is 0 Å².